The first-order chi connectivity index (χ1) is 9.68. The minimum atomic E-state index is -4.13. The van der Waals surface area contributed by atoms with Crippen molar-refractivity contribution in [3.8, 4) is 0 Å². The van der Waals surface area contributed by atoms with E-state index in [1.807, 2.05) is 0 Å². The fraction of sp³-hybridized carbons (Fsp3) is 0.333. The van der Waals surface area contributed by atoms with E-state index in [1.165, 1.54) is 13.1 Å². The van der Waals surface area contributed by atoms with Gasteiger partial charge in [0.25, 0.3) is 0 Å². The van der Waals surface area contributed by atoms with Gasteiger partial charge < -0.3 is 25.2 Å². The Morgan fingerprint density at radius 1 is 1.57 bits per heavy atom. The van der Waals surface area contributed by atoms with Gasteiger partial charge in [0.2, 0.25) is 0 Å². The van der Waals surface area contributed by atoms with Gasteiger partial charge in [-0.05, 0) is 35.0 Å². The van der Waals surface area contributed by atoms with Gasteiger partial charge in [0, 0.05) is 21.6 Å². The lowest BCUT2D eigenvalue weighted by Crippen LogP contribution is -2.44. The molecule has 2 rings (SSSR count). The van der Waals surface area contributed by atoms with E-state index in [4.69, 9.17) is 27.0 Å². The van der Waals surface area contributed by atoms with Crippen LogP contribution in [0.25, 0.3) is 10.9 Å². The van der Waals surface area contributed by atoms with Crippen LogP contribution in [0.4, 0.5) is 0 Å². The number of nitrogens with two attached hydrogens (primary N) is 1. The van der Waals surface area contributed by atoms with Gasteiger partial charge in [-0.15, -0.1) is 0 Å². The van der Waals surface area contributed by atoms with E-state index in [0.717, 1.165) is 0 Å². The highest BCUT2D eigenvalue weighted by atomic mass is 79.9. The molecule has 0 aliphatic carbocycles. The molecule has 9 heteroatoms. The first-order valence-electron chi connectivity index (χ1n) is 6.01. The molecule has 0 spiro atoms. The van der Waals surface area contributed by atoms with Crippen LogP contribution in [0.2, 0.25) is 5.02 Å². The molecule has 5 N–H and O–H groups in total. The minimum Gasteiger partial charge on any atom is -0.394 e. The summed E-state index contributed by atoms with van der Waals surface area (Å²) in [5.74, 6) is 0. The molecule has 2 atom stereocenters. The molecule has 116 valence electrons. The van der Waals surface area contributed by atoms with Crippen molar-refractivity contribution in [2.24, 2.45) is 5.73 Å². The number of aromatic amines is 1. The van der Waals surface area contributed by atoms with Gasteiger partial charge in [-0.2, -0.15) is 0 Å². The van der Waals surface area contributed by atoms with Crippen LogP contribution in [0, 0.1) is 0 Å². The summed E-state index contributed by atoms with van der Waals surface area (Å²) in [4.78, 5) is 13.0. The van der Waals surface area contributed by atoms with E-state index in [0.29, 0.717) is 20.4 Å². The highest BCUT2D eigenvalue weighted by Crippen LogP contribution is 2.45. The van der Waals surface area contributed by atoms with E-state index in [-0.39, 0.29) is 18.5 Å². The van der Waals surface area contributed by atoms with Crippen LogP contribution in [0.15, 0.2) is 22.8 Å². The maximum Gasteiger partial charge on any atom is 0.361 e. The van der Waals surface area contributed by atoms with Crippen molar-refractivity contribution in [2.45, 2.75) is 12.5 Å². The van der Waals surface area contributed by atoms with Gasteiger partial charge in [-0.25, -0.2) is 0 Å². The third kappa shape index (κ3) is 3.51. The number of hydrogen-bond acceptors (Lipinski definition) is 4. The summed E-state index contributed by atoms with van der Waals surface area (Å²) in [7, 11) is -4.13. The maximum absolute atomic E-state index is 12.4. The summed E-state index contributed by atoms with van der Waals surface area (Å²) in [5.41, 5.74) is 5.21. The van der Waals surface area contributed by atoms with E-state index in [9.17, 15) is 9.46 Å². The number of hydrogen-bond donors (Lipinski definition) is 4. The average molecular weight is 398 g/mol. The van der Waals surface area contributed by atoms with Crippen LogP contribution in [0.1, 0.15) is 6.92 Å². The molecule has 0 radical (unpaired) electrons. The molecular weight excluding hydrogens is 382 g/mol. The van der Waals surface area contributed by atoms with Crippen LogP contribution >= 0.6 is 35.1 Å². The lowest BCUT2D eigenvalue weighted by Gasteiger charge is -2.23. The molecule has 0 saturated carbocycles. The molecule has 0 fully saturated rings. The molecule has 21 heavy (non-hydrogen) atoms. The molecule has 6 nitrogen and oxygen atoms in total. The standard InChI is InChI=1S/C12H15BrClN2O4P/c1-12(15,5-17)6-20-21(18,19)9-4-16-8-3-2-7(13)11(14)10(8)9/h2-4,16-17H,5-6,15H2,1H3,(H,18,19). The first-order valence-corrected chi connectivity index (χ1v) is 8.75. The Morgan fingerprint density at radius 2 is 2.24 bits per heavy atom. The van der Waals surface area contributed by atoms with Gasteiger partial charge in [0.15, 0.2) is 0 Å². The molecule has 0 bridgehead atoms. The topological polar surface area (TPSA) is 109 Å². The predicted octanol–water partition coefficient (Wildman–Crippen LogP) is 2.12. The number of rotatable bonds is 5. The van der Waals surface area contributed by atoms with E-state index < -0.39 is 13.1 Å². The molecule has 0 aliphatic rings. The first kappa shape index (κ1) is 17.0. The van der Waals surface area contributed by atoms with Gasteiger partial charge >= 0.3 is 7.60 Å². The van der Waals surface area contributed by atoms with Crippen molar-refractivity contribution < 1.29 is 19.1 Å². The van der Waals surface area contributed by atoms with Gasteiger partial charge in [0.1, 0.15) is 0 Å². The van der Waals surface area contributed by atoms with Crippen LogP contribution < -0.4 is 11.0 Å². The molecule has 1 aromatic heterocycles. The third-order valence-electron chi connectivity index (χ3n) is 2.95. The number of aliphatic hydroxyl groups is 1. The highest BCUT2D eigenvalue weighted by Gasteiger charge is 2.31. The number of halogens is 2. The molecule has 0 aliphatic heterocycles. The van der Waals surface area contributed by atoms with Gasteiger partial charge in [0.05, 0.1) is 29.1 Å². The van der Waals surface area contributed by atoms with E-state index in [1.54, 1.807) is 12.1 Å². The normalized spacial score (nSPS) is 17.6. The predicted molar refractivity (Wildman–Crippen MR) is 86.1 cm³/mol. The number of H-pyrrole nitrogens is 1. The molecule has 1 heterocycles. The second-order valence-electron chi connectivity index (χ2n) is 5.06. The number of benzene rings is 1. The van der Waals surface area contributed by atoms with Crippen LogP contribution in [0.5, 0.6) is 0 Å². The second kappa shape index (κ2) is 6.01. The number of aromatic nitrogens is 1. The summed E-state index contributed by atoms with van der Waals surface area (Å²) >= 11 is 9.45. The summed E-state index contributed by atoms with van der Waals surface area (Å²) < 4.78 is 18.1. The summed E-state index contributed by atoms with van der Waals surface area (Å²) in [5, 5.41) is 9.87. The summed E-state index contributed by atoms with van der Waals surface area (Å²) in [6.45, 7) is 0.883. The quantitative estimate of drug-likeness (QED) is 0.578. The molecule has 1 aromatic carbocycles. The Balaban J connectivity index is 2.41. The van der Waals surface area contributed by atoms with Crippen molar-refractivity contribution in [3.63, 3.8) is 0 Å². The van der Waals surface area contributed by atoms with Crippen LogP contribution in [0.3, 0.4) is 0 Å². The number of fused-ring (bicyclic) bond motifs is 1. The SMILES string of the molecule is CC(N)(CO)COP(=O)(O)c1c[nH]c2ccc(Br)c(Cl)c12. The zero-order chi connectivity index (χ0) is 15.8. The van der Waals surface area contributed by atoms with Crippen molar-refractivity contribution in [1.29, 1.82) is 0 Å². The monoisotopic (exact) mass is 396 g/mol. The zero-order valence-electron chi connectivity index (χ0n) is 11.1. The third-order valence-corrected chi connectivity index (χ3v) is 5.67. The van der Waals surface area contributed by atoms with Crippen molar-refractivity contribution >= 4 is 51.3 Å². The van der Waals surface area contributed by atoms with Crippen LogP contribution in [-0.4, -0.2) is 33.7 Å². The van der Waals surface area contributed by atoms with Crippen LogP contribution in [-0.2, 0) is 9.09 Å². The Morgan fingerprint density at radius 3 is 2.86 bits per heavy atom. The maximum atomic E-state index is 12.4. The second-order valence-corrected chi connectivity index (χ2v) is 8.08. The highest BCUT2D eigenvalue weighted by molar-refractivity contribution is 9.10. The Bertz CT molecular complexity index is 719. The molecular formula is C12H15BrClN2O4P. The Labute approximate surface area is 134 Å². The fourth-order valence-corrected chi connectivity index (χ4v) is 3.73. The van der Waals surface area contributed by atoms with E-state index >= 15 is 0 Å². The van der Waals surface area contributed by atoms with Crippen molar-refractivity contribution in [1.82, 2.24) is 4.98 Å². The number of nitrogens with one attached hydrogen (secondary N) is 1. The van der Waals surface area contributed by atoms with E-state index in [2.05, 4.69) is 20.9 Å². The minimum absolute atomic E-state index is 0.0672. The van der Waals surface area contributed by atoms with Crippen molar-refractivity contribution in [3.05, 3.63) is 27.8 Å². The average Bonchev–Trinajstić information content (AvgIpc) is 2.86. The molecule has 0 amide bonds. The molecule has 2 aromatic rings. The Kier molecular flexibility index (Phi) is 4.85. The molecule has 0 saturated heterocycles. The lowest BCUT2D eigenvalue weighted by atomic mass is 10.1. The summed E-state index contributed by atoms with van der Waals surface area (Å²) in [6, 6.07) is 3.46. The van der Waals surface area contributed by atoms with Crippen molar-refractivity contribution in [2.75, 3.05) is 13.2 Å². The zero-order valence-corrected chi connectivity index (χ0v) is 14.4. The van der Waals surface area contributed by atoms with Gasteiger partial charge in [-0.3, -0.25) is 4.57 Å². The largest absolute Gasteiger partial charge is 0.394 e. The fourth-order valence-electron chi connectivity index (χ4n) is 1.71. The smallest absolute Gasteiger partial charge is 0.361 e. The van der Waals surface area contributed by atoms with Gasteiger partial charge in [-0.1, -0.05) is 11.6 Å². The number of aliphatic hydroxyl groups excluding tert-OH is 1. The summed E-state index contributed by atoms with van der Waals surface area (Å²) in [6.07, 6.45) is 1.39. The Hall–Kier alpha value is -0.400. The lowest BCUT2D eigenvalue weighted by molar-refractivity contribution is 0.139. The molecule has 2 unspecified atom stereocenters.